The molecule has 3 aromatic rings. The average Bonchev–Trinajstić information content (AvgIpc) is 2.87. The van der Waals surface area contributed by atoms with E-state index in [0.717, 1.165) is 6.07 Å². The van der Waals surface area contributed by atoms with Gasteiger partial charge in [0, 0.05) is 34.3 Å². The average molecular weight is 580 g/mol. The number of urea groups is 1. The molecule has 0 bridgehead atoms. The summed E-state index contributed by atoms with van der Waals surface area (Å²) < 4.78 is 28.8. The number of rotatable bonds is 5. The van der Waals surface area contributed by atoms with Gasteiger partial charge < -0.3 is 25.3 Å². The van der Waals surface area contributed by atoms with Gasteiger partial charge in [-0.1, -0.05) is 17.7 Å². The van der Waals surface area contributed by atoms with Gasteiger partial charge in [0.15, 0.2) is 5.43 Å². The molecule has 13 heteroatoms. The molecule has 0 aromatic heterocycles. The summed E-state index contributed by atoms with van der Waals surface area (Å²) in [5.41, 5.74) is 1.17. The number of aromatic carboxylic acids is 1. The molecule has 5 rings (SSSR count). The molecule has 1 heterocycles. The molecule has 0 saturated carbocycles. The van der Waals surface area contributed by atoms with Crippen molar-refractivity contribution in [2.45, 2.75) is 4.90 Å². The number of sulfonamides is 1. The molecule has 2 amide bonds. The first-order chi connectivity index (χ1) is 18.9. The van der Waals surface area contributed by atoms with E-state index < -0.39 is 22.0 Å². The number of phenols is 1. The molecule has 1 aliphatic heterocycles. The summed E-state index contributed by atoms with van der Waals surface area (Å²) in [5.74, 6) is -1.17. The number of amides is 2. The Morgan fingerprint density at radius 3 is 2.35 bits per heavy atom. The minimum atomic E-state index is -3.99. The third-order valence-corrected chi connectivity index (χ3v) is 7.20. The Balaban J connectivity index is 1.54. The van der Waals surface area contributed by atoms with Crippen molar-refractivity contribution in [3.63, 3.8) is 0 Å². The zero-order valence-electron chi connectivity index (χ0n) is 20.1. The molecule has 1 aliphatic carbocycles. The summed E-state index contributed by atoms with van der Waals surface area (Å²) in [7, 11) is -3.99. The smallest absolute Gasteiger partial charge is 0.336 e. The van der Waals surface area contributed by atoms with Gasteiger partial charge in [0.2, 0.25) is 10.0 Å². The molecular formula is C27H18ClN3O8S. The maximum absolute atomic E-state index is 12.6. The summed E-state index contributed by atoms with van der Waals surface area (Å²) in [6, 6.07) is 15.5. The highest BCUT2D eigenvalue weighted by molar-refractivity contribution is 7.89. The summed E-state index contributed by atoms with van der Waals surface area (Å²) in [4.78, 5) is 36.7. The maximum atomic E-state index is 12.6. The van der Waals surface area contributed by atoms with Gasteiger partial charge in [-0.3, -0.25) is 4.79 Å². The van der Waals surface area contributed by atoms with Crippen LogP contribution in [0.15, 0.2) is 86.9 Å². The van der Waals surface area contributed by atoms with E-state index in [4.69, 9.17) is 21.2 Å². The molecule has 0 radical (unpaired) electrons. The van der Waals surface area contributed by atoms with Gasteiger partial charge in [-0.05, 0) is 60.2 Å². The van der Waals surface area contributed by atoms with Gasteiger partial charge >= 0.3 is 12.0 Å². The minimum Gasteiger partial charge on any atom is -0.508 e. The van der Waals surface area contributed by atoms with E-state index in [9.17, 15) is 33.0 Å². The number of carbonyl (C=O) groups is 2. The molecular weight excluding hydrogens is 562 g/mol. The molecule has 0 spiro atoms. The van der Waals surface area contributed by atoms with Gasteiger partial charge in [-0.25, -0.2) is 23.1 Å². The Bertz CT molecular complexity index is 1990. The van der Waals surface area contributed by atoms with Crippen LogP contribution in [0.25, 0.3) is 33.4 Å². The quantitative estimate of drug-likeness (QED) is 0.181. The summed E-state index contributed by atoms with van der Waals surface area (Å²) in [5, 5.41) is 30.5. The van der Waals surface area contributed by atoms with Gasteiger partial charge in [0.25, 0.3) is 0 Å². The standard InChI is InChI=1S/C27H18ClN3O8S/c28-21-12-16(40(29,37)38)4-8-22(21)31-27(36)30-13-1-5-17(20(9-13)26(34)35)25-18-6-2-14(32)10-23(18)39-24-11-15(33)3-7-19(24)25/h1-12,32H,(H,34,35)(H2,29,37,38)(H2,30,31,36). The van der Waals surface area contributed by atoms with Crippen molar-refractivity contribution in [3.05, 3.63) is 93.6 Å². The lowest BCUT2D eigenvalue weighted by Gasteiger charge is -2.17. The van der Waals surface area contributed by atoms with Crippen LogP contribution in [0.3, 0.4) is 0 Å². The van der Waals surface area contributed by atoms with Gasteiger partial charge in [0.1, 0.15) is 17.1 Å². The molecule has 202 valence electrons. The van der Waals surface area contributed by atoms with Crippen LogP contribution in [0.2, 0.25) is 5.02 Å². The van der Waals surface area contributed by atoms with E-state index >= 15 is 0 Å². The monoisotopic (exact) mass is 579 g/mol. The molecule has 11 nitrogen and oxygen atoms in total. The van der Waals surface area contributed by atoms with Crippen molar-refractivity contribution in [2.24, 2.45) is 5.14 Å². The van der Waals surface area contributed by atoms with Crippen LogP contribution in [0.1, 0.15) is 10.4 Å². The lowest BCUT2D eigenvalue weighted by Crippen LogP contribution is -2.20. The first-order valence-corrected chi connectivity index (χ1v) is 13.3. The summed E-state index contributed by atoms with van der Waals surface area (Å²) in [6.45, 7) is 0. The third kappa shape index (κ3) is 5.18. The zero-order chi connectivity index (χ0) is 28.8. The van der Waals surface area contributed by atoms with Gasteiger partial charge in [0.05, 0.1) is 21.2 Å². The number of carboxylic acid groups (broad SMARTS) is 1. The molecule has 2 aliphatic rings. The lowest BCUT2D eigenvalue weighted by atomic mass is 9.90. The van der Waals surface area contributed by atoms with Crippen molar-refractivity contribution in [3.8, 4) is 28.2 Å². The van der Waals surface area contributed by atoms with Gasteiger partial charge in [-0.2, -0.15) is 0 Å². The van der Waals surface area contributed by atoms with E-state index in [1.54, 1.807) is 6.07 Å². The highest BCUT2D eigenvalue weighted by Gasteiger charge is 2.23. The third-order valence-electron chi connectivity index (χ3n) is 5.97. The number of phenolic OH excluding ortho intramolecular Hbond substituents is 1. The van der Waals surface area contributed by atoms with Crippen LogP contribution < -0.4 is 21.2 Å². The Morgan fingerprint density at radius 1 is 0.900 bits per heavy atom. The fourth-order valence-corrected chi connectivity index (χ4v) is 5.06. The van der Waals surface area contributed by atoms with E-state index in [1.165, 1.54) is 60.7 Å². The van der Waals surface area contributed by atoms with Crippen LogP contribution in [-0.4, -0.2) is 30.6 Å². The van der Waals surface area contributed by atoms with E-state index in [0.29, 0.717) is 16.5 Å². The number of carboxylic acids is 1. The van der Waals surface area contributed by atoms with Crippen LogP contribution in [-0.2, 0) is 10.0 Å². The Hall–Kier alpha value is -4.91. The number of nitrogens with one attached hydrogen (secondary N) is 2. The van der Waals surface area contributed by atoms with E-state index in [-0.39, 0.29) is 54.9 Å². The number of aromatic hydroxyl groups is 1. The predicted octanol–water partition coefficient (Wildman–Crippen LogP) is 4.91. The molecule has 3 aromatic carbocycles. The number of halogens is 1. The van der Waals surface area contributed by atoms with Gasteiger partial charge in [-0.15, -0.1) is 0 Å². The summed E-state index contributed by atoms with van der Waals surface area (Å²) in [6.07, 6.45) is 0. The van der Waals surface area contributed by atoms with E-state index in [1.807, 2.05) is 0 Å². The molecule has 40 heavy (non-hydrogen) atoms. The second kappa shape index (κ2) is 10.0. The number of carbonyl (C=O) groups excluding carboxylic acids is 1. The number of hydrogen-bond donors (Lipinski definition) is 5. The second-order valence-corrected chi connectivity index (χ2v) is 10.6. The normalized spacial score (nSPS) is 11.4. The number of fused-ring (bicyclic) bond motifs is 2. The van der Waals surface area contributed by atoms with Crippen molar-refractivity contribution in [1.29, 1.82) is 0 Å². The molecule has 0 fully saturated rings. The van der Waals surface area contributed by atoms with Crippen LogP contribution in [0.5, 0.6) is 5.75 Å². The topological polar surface area (TPSA) is 189 Å². The van der Waals surface area contributed by atoms with Crippen molar-refractivity contribution >= 4 is 56.0 Å². The summed E-state index contributed by atoms with van der Waals surface area (Å²) >= 11 is 6.07. The van der Waals surface area contributed by atoms with Crippen molar-refractivity contribution in [2.75, 3.05) is 10.6 Å². The van der Waals surface area contributed by atoms with Crippen molar-refractivity contribution < 1.29 is 32.6 Å². The Morgan fingerprint density at radius 2 is 1.65 bits per heavy atom. The number of hydrogen-bond acceptors (Lipinski definition) is 7. The zero-order valence-corrected chi connectivity index (χ0v) is 21.7. The minimum absolute atomic E-state index is 0.0798. The lowest BCUT2D eigenvalue weighted by molar-refractivity contribution is 0.0697. The van der Waals surface area contributed by atoms with Crippen LogP contribution in [0, 0.1) is 0 Å². The van der Waals surface area contributed by atoms with Crippen LogP contribution >= 0.6 is 11.6 Å². The SMILES string of the molecule is NS(=O)(=O)c1ccc(NC(=O)Nc2ccc(-c3c4ccc(=O)cc-4oc4cc(O)ccc34)c(C(=O)O)c2)c(Cl)c1. The first kappa shape index (κ1) is 26.7. The molecule has 6 N–H and O–H groups in total. The number of anilines is 2. The Labute approximate surface area is 230 Å². The number of primary sulfonamides is 1. The fourth-order valence-electron chi connectivity index (χ4n) is 4.23. The number of benzene rings is 4. The van der Waals surface area contributed by atoms with Crippen LogP contribution in [0.4, 0.5) is 16.2 Å². The highest BCUT2D eigenvalue weighted by atomic mass is 35.5. The van der Waals surface area contributed by atoms with Crippen molar-refractivity contribution in [1.82, 2.24) is 0 Å². The maximum Gasteiger partial charge on any atom is 0.336 e. The highest BCUT2D eigenvalue weighted by Crippen LogP contribution is 2.42. The first-order valence-electron chi connectivity index (χ1n) is 11.4. The fraction of sp³-hybridized carbons (Fsp3) is 0. The van der Waals surface area contributed by atoms with E-state index in [2.05, 4.69) is 10.6 Å². The Kier molecular flexibility index (Phi) is 6.67. The number of nitrogens with two attached hydrogens (primary N) is 1. The second-order valence-electron chi connectivity index (χ2n) is 8.65. The predicted molar refractivity (Wildman–Crippen MR) is 149 cm³/mol. The molecule has 0 saturated heterocycles. The molecule has 0 unspecified atom stereocenters. The molecule has 0 atom stereocenters. The largest absolute Gasteiger partial charge is 0.508 e.